The number of β-amino-alcohol motifs (C(OH)–C–C–N with tert-alkyl or cyclic N) is 1. The van der Waals surface area contributed by atoms with Crippen molar-refractivity contribution >= 4 is 17.7 Å². The SMILES string of the molecule is O=C(CSc1ccc(F)cc1)N1CCCC(O)C1. The van der Waals surface area contributed by atoms with Crippen LogP contribution in [0.3, 0.4) is 0 Å². The van der Waals surface area contributed by atoms with Gasteiger partial charge in [-0.1, -0.05) is 0 Å². The van der Waals surface area contributed by atoms with Crippen LogP contribution in [-0.2, 0) is 4.79 Å². The molecule has 0 aromatic heterocycles. The molecule has 3 nitrogen and oxygen atoms in total. The molecule has 0 aliphatic carbocycles. The highest BCUT2D eigenvalue weighted by molar-refractivity contribution is 8.00. The van der Waals surface area contributed by atoms with Crippen molar-refractivity contribution in [3.63, 3.8) is 0 Å². The molecule has 1 aliphatic rings. The summed E-state index contributed by atoms with van der Waals surface area (Å²) >= 11 is 1.39. The Morgan fingerprint density at radius 3 is 2.83 bits per heavy atom. The van der Waals surface area contributed by atoms with Crippen LogP contribution in [0.15, 0.2) is 29.2 Å². The fraction of sp³-hybridized carbons (Fsp3) is 0.462. The highest BCUT2D eigenvalue weighted by atomic mass is 32.2. The van der Waals surface area contributed by atoms with E-state index in [2.05, 4.69) is 0 Å². The van der Waals surface area contributed by atoms with E-state index in [1.807, 2.05) is 0 Å². The van der Waals surface area contributed by atoms with E-state index in [1.165, 1.54) is 23.9 Å². The molecule has 98 valence electrons. The molecule has 0 bridgehead atoms. The first kappa shape index (κ1) is 13.4. The normalized spacial score (nSPS) is 19.9. The number of piperidine rings is 1. The quantitative estimate of drug-likeness (QED) is 0.852. The number of likely N-dealkylation sites (tertiary alicyclic amines) is 1. The zero-order chi connectivity index (χ0) is 13.0. The van der Waals surface area contributed by atoms with Crippen LogP contribution >= 0.6 is 11.8 Å². The molecule has 1 N–H and O–H groups in total. The van der Waals surface area contributed by atoms with Crippen molar-refractivity contribution < 1.29 is 14.3 Å². The monoisotopic (exact) mass is 269 g/mol. The van der Waals surface area contributed by atoms with Gasteiger partial charge in [0.25, 0.3) is 0 Å². The molecular weight excluding hydrogens is 253 g/mol. The van der Waals surface area contributed by atoms with E-state index in [9.17, 15) is 14.3 Å². The summed E-state index contributed by atoms with van der Waals surface area (Å²) in [7, 11) is 0. The zero-order valence-corrected chi connectivity index (χ0v) is 10.8. The Hall–Kier alpha value is -1.07. The molecule has 1 unspecified atom stereocenters. The second-order valence-corrected chi connectivity index (χ2v) is 5.43. The van der Waals surface area contributed by atoms with Gasteiger partial charge in [0, 0.05) is 18.0 Å². The fourth-order valence-corrected chi connectivity index (χ4v) is 2.75. The van der Waals surface area contributed by atoms with Crippen LogP contribution in [0.4, 0.5) is 4.39 Å². The Morgan fingerprint density at radius 1 is 1.44 bits per heavy atom. The van der Waals surface area contributed by atoms with Gasteiger partial charge in [0.15, 0.2) is 0 Å². The summed E-state index contributed by atoms with van der Waals surface area (Å²) in [6, 6.07) is 6.10. The molecule has 0 spiro atoms. The molecule has 2 rings (SSSR count). The highest BCUT2D eigenvalue weighted by Gasteiger charge is 2.21. The minimum absolute atomic E-state index is 0.0306. The summed E-state index contributed by atoms with van der Waals surface area (Å²) in [5.41, 5.74) is 0. The third-order valence-corrected chi connectivity index (χ3v) is 3.92. The number of hydrogen-bond donors (Lipinski definition) is 1. The number of amides is 1. The number of nitrogens with zero attached hydrogens (tertiary/aromatic N) is 1. The number of carbonyl (C=O) groups is 1. The molecule has 1 heterocycles. The van der Waals surface area contributed by atoms with Crippen molar-refractivity contribution in [3.05, 3.63) is 30.1 Å². The first-order valence-corrected chi connectivity index (χ1v) is 6.98. The largest absolute Gasteiger partial charge is 0.391 e. The predicted molar refractivity (Wildman–Crippen MR) is 68.9 cm³/mol. The highest BCUT2D eigenvalue weighted by Crippen LogP contribution is 2.19. The van der Waals surface area contributed by atoms with Gasteiger partial charge >= 0.3 is 0 Å². The predicted octanol–water partition coefficient (Wildman–Crippen LogP) is 1.90. The van der Waals surface area contributed by atoms with E-state index < -0.39 is 6.10 Å². The van der Waals surface area contributed by atoms with Gasteiger partial charge < -0.3 is 10.0 Å². The Morgan fingerprint density at radius 2 is 2.17 bits per heavy atom. The average Bonchev–Trinajstić information content (AvgIpc) is 2.38. The van der Waals surface area contributed by atoms with Gasteiger partial charge in [-0.05, 0) is 37.1 Å². The topological polar surface area (TPSA) is 40.5 Å². The maximum atomic E-state index is 12.7. The number of rotatable bonds is 3. The van der Waals surface area contributed by atoms with E-state index in [4.69, 9.17) is 0 Å². The second-order valence-electron chi connectivity index (χ2n) is 4.38. The molecule has 18 heavy (non-hydrogen) atoms. The minimum Gasteiger partial charge on any atom is -0.391 e. The van der Waals surface area contributed by atoms with Gasteiger partial charge in [-0.15, -0.1) is 11.8 Å². The third kappa shape index (κ3) is 3.71. The van der Waals surface area contributed by atoms with Crippen LogP contribution in [0.1, 0.15) is 12.8 Å². The summed E-state index contributed by atoms with van der Waals surface area (Å²) in [6.45, 7) is 1.16. The lowest BCUT2D eigenvalue weighted by atomic mass is 10.1. The van der Waals surface area contributed by atoms with Gasteiger partial charge in [0.2, 0.25) is 5.91 Å². The Labute approximate surface area is 110 Å². The lowest BCUT2D eigenvalue weighted by Gasteiger charge is -2.30. The standard InChI is InChI=1S/C13H16FNO2S/c14-10-3-5-12(6-4-10)18-9-13(17)15-7-1-2-11(16)8-15/h3-6,11,16H,1-2,7-9H2. The fourth-order valence-electron chi connectivity index (χ4n) is 1.95. The minimum atomic E-state index is -0.390. The number of thioether (sulfide) groups is 1. The van der Waals surface area contributed by atoms with E-state index in [-0.39, 0.29) is 11.7 Å². The molecule has 1 amide bonds. The van der Waals surface area contributed by atoms with Crippen LogP contribution in [0.5, 0.6) is 0 Å². The number of benzene rings is 1. The van der Waals surface area contributed by atoms with Gasteiger partial charge in [0.1, 0.15) is 5.82 Å². The summed E-state index contributed by atoms with van der Waals surface area (Å²) in [4.78, 5) is 14.5. The van der Waals surface area contributed by atoms with Crippen LogP contribution in [0.2, 0.25) is 0 Å². The van der Waals surface area contributed by atoms with Crippen LogP contribution in [0, 0.1) is 5.82 Å². The average molecular weight is 269 g/mol. The van der Waals surface area contributed by atoms with E-state index in [1.54, 1.807) is 17.0 Å². The van der Waals surface area contributed by atoms with Gasteiger partial charge in [0.05, 0.1) is 11.9 Å². The van der Waals surface area contributed by atoms with Crippen LogP contribution < -0.4 is 0 Å². The maximum Gasteiger partial charge on any atom is 0.233 e. The molecule has 1 aromatic carbocycles. The number of carbonyl (C=O) groups excluding carboxylic acids is 1. The molecule has 1 fully saturated rings. The molecule has 0 saturated carbocycles. The van der Waals surface area contributed by atoms with Gasteiger partial charge in [-0.25, -0.2) is 4.39 Å². The third-order valence-electron chi connectivity index (χ3n) is 2.93. The molecule has 1 aliphatic heterocycles. The van der Waals surface area contributed by atoms with Crippen molar-refractivity contribution in [3.8, 4) is 0 Å². The van der Waals surface area contributed by atoms with Crippen molar-refractivity contribution in [2.45, 2.75) is 23.8 Å². The Balaban J connectivity index is 1.82. The van der Waals surface area contributed by atoms with E-state index in [0.29, 0.717) is 12.3 Å². The summed E-state index contributed by atoms with van der Waals surface area (Å²) < 4.78 is 12.7. The first-order valence-electron chi connectivity index (χ1n) is 5.99. The van der Waals surface area contributed by atoms with E-state index >= 15 is 0 Å². The first-order chi connectivity index (χ1) is 8.65. The molecule has 1 saturated heterocycles. The Bertz CT molecular complexity index is 410. The number of hydrogen-bond acceptors (Lipinski definition) is 3. The van der Waals surface area contributed by atoms with Crippen LogP contribution in [0.25, 0.3) is 0 Å². The molecule has 1 aromatic rings. The van der Waals surface area contributed by atoms with Crippen molar-refractivity contribution in [2.75, 3.05) is 18.8 Å². The van der Waals surface area contributed by atoms with Crippen molar-refractivity contribution in [2.24, 2.45) is 0 Å². The summed E-state index contributed by atoms with van der Waals surface area (Å²) in [5, 5.41) is 9.50. The van der Waals surface area contributed by atoms with Gasteiger partial charge in [-0.3, -0.25) is 4.79 Å². The van der Waals surface area contributed by atoms with Crippen LogP contribution in [-0.4, -0.2) is 40.9 Å². The van der Waals surface area contributed by atoms with Gasteiger partial charge in [-0.2, -0.15) is 0 Å². The maximum absolute atomic E-state index is 12.7. The van der Waals surface area contributed by atoms with E-state index in [0.717, 1.165) is 24.3 Å². The lowest BCUT2D eigenvalue weighted by molar-refractivity contribution is -0.131. The number of aliphatic hydroxyl groups excluding tert-OH is 1. The summed E-state index contributed by atoms with van der Waals surface area (Å²) in [6.07, 6.45) is 1.24. The summed E-state index contributed by atoms with van der Waals surface area (Å²) in [5.74, 6) is 0.0890. The second kappa shape index (κ2) is 6.20. The zero-order valence-electron chi connectivity index (χ0n) is 10.0. The molecule has 1 atom stereocenters. The van der Waals surface area contributed by atoms with Crippen molar-refractivity contribution in [1.82, 2.24) is 4.90 Å². The molecular formula is C13H16FNO2S. The smallest absolute Gasteiger partial charge is 0.233 e. The number of halogens is 1. The Kier molecular flexibility index (Phi) is 4.60. The molecule has 5 heteroatoms. The van der Waals surface area contributed by atoms with Crippen molar-refractivity contribution in [1.29, 1.82) is 0 Å². The molecule has 0 radical (unpaired) electrons. The number of aliphatic hydroxyl groups is 1. The lowest BCUT2D eigenvalue weighted by Crippen LogP contribution is -2.42.